The van der Waals surface area contributed by atoms with Crippen LogP contribution in [0.15, 0.2) is 24.3 Å². The number of halogens is 3. The first-order valence-electron chi connectivity index (χ1n) is 7.17. The molecule has 0 aromatic heterocycles. The van der Waals surface area contributed by atoms with Crippen molar-refractivity contribution in [2.75, 3.05) is 26.2 Å². The van der Waals surface area contributed by atoms with Crippen LogP contribution in [0.25, 0.3) is 0 Å². The minimum atomic E-state index is -4.76. The van der Waals surface area contributed by atoms with Crippen molar-refractivity contribution in [1.29, 1.82) is 0 Å². The van der Waals surface area contributed by atoms with Crippen LogP contribution in [0.2, 0.25) is 0 Å². The second-order valence-corrected chi connectivity index (χ2v) is 5.22. The van der Waals surface area contributed by atoms with Gasteiger partial charge in [0.25, 0.3) is 5.91 Å². The summed E-state index contributed by atoms with van der Waals surface area (Å²) in [7, 11) is 0. The Morgan fingerprint density at radius 3 is 2.13 bits per heavy atom. The topological polar surface area (TPSA) is 49.9 Å². The van der Waals surface area contributed by atoms with Gasteiger partial charge >= 0.3 is 6.36 Å². The first-order valence-corrected chi connectivity index (χ1v) is 7.17. The smallest absolute Gasteiger partial charge is 0.406 e. The highest BCUT2D eigenvalue weighted by molar-refractivity contribution is 5.94. The Labute approximate surface area is 131 Å². The van der Waals surface area contributed by atoms with Crippen molar-refractivity contribution in [2.45, 2.75) is 19.7 Å². The van der Waals surface area contributed by atoms with E-state index in [1.807, 2.05) is 0 Å². The number of alkyl halides is 3. The van der Waals surface area contributed by atoms with Crippen molar-refractivity contribution in [3.05, 3.63) is 29.8 Å². The van der Waals surface area contributed by atoms with E-state index < -0.39 is 6.36 Å². The predicted molar refractivity (Wildman–Crippen MR) is 75.9 cm³/mol. The molecule has 1 aromatic rings. The molecule has 1 aliphatic heterocycles. The summed E-state index contributed by atoms with van der Waals surface area (Å²) in [5, 5.41) is 0. The lowest BCUT2D eigenvalue weighted by Crippen LogP contribution is -2.36. The van der Waals surface area contributed by atoms with E-state index in [-0.39, 0.29) is 23.1 Å². The fourth-order valence-electron chi connectivity index (χ4n) is 2.42. The SMILES string of the molecule is CC(=O)N1CCCN(C(=O)c2ccc(OC(F)(F)F)cc2)CC1. The Morgan fingerprint density at radius 2 is 1.57 bits per heavy atom. The van der Waals surface area contributed by atoms with E-state index in [0.717, 1.165) is 12.1 Å². The van der Waals surface area contributed by atoms with Gasteiger partial charge in [0.15, 0.2) is 0 Å². The molecule has 1 aliphatic rings. The molecule has 0 N–H and O–H groups in total. The van der Waals surface area contributed by atoms with Crippen LogP contribution in [0.5, 0.6) is 5.75 Å². The zero-order valence-electron chi connectivity index (χ0n) is 12.6. The molecule has 1 saturated heterocycles. The molecule has 2 rings (SSSR count). The largest absolute Gasteiger partial charge is 0.573 e. The van der Waals surface area contributed by atoms with E-state index in [1.165, 1.54) is 19.1 Å². The van der Waals surface area contributed by atoms with Gasteiger partial charge < -0.3 is 14.5 Å². The van der Waals surface area contributed by atoms with Crippen LogP contribution in [0.4, 0.5) is 13.2 Å². The Morgan fingerprint density at radius 1 is 1.00 bits per heavy atom. The minimum absolute atomic E-state index is 0.0343. The molecule has 0 radical (unpaired) electrons. The van der Waals surface area contributed by atoms with E-state index >= 15 is 0 Å². The molecule has 0 spiro atoms. The van der Waals surface area contributed by atoms with Crippen LogP contribution in [0.1, 0.15) is 23.7 Å². The van der Waals surface area contributed by atoms with Gasteiger partial charge in [0, 0.05) is 38.7 Å². The van der Waals surface area contributed by atoms with E-state index in [2.05, 4.69) is 4.74 Å². The summed E-state index contributed by atoms with van der Waals surface area (Å²) < 4.78 is 40.1. The van der Waals surface area contributed by atoms with Crippen molar-refractivity contribution >= 4 is 11.8 Å². The summed E-state index contributed by atoms with van der Waals surface area (Å²) in [5.74, 6) is -0.672. The first kappa shape index (κ1) is 17.1. The summed E-state index contributed by atoms with van der Waals surface area (Å²) in [4.78, 5) is 27.0. The number of nitrogens with zero attached hydrogens (tertiary/aromatic N) is 2. The Kier molecular flexibility index (Phi) is 5.12. The highest BCUT2D eigenvalue weighted by Crippen LogP contribution is 2.23. The number of carbonyl (C=O) groups excluding carboxylic acids is 2. The van der Waals surface area contributed by atoms with E-state index in [1.54, 1.807) is 9.80 Å². The molecular weight excluding hydrogens is 313 g/mol. The molecule has 126 valence electrons. The van der Waals surface area contributed by atoms with Crippen molar-refractivity contribution in [3.63, 3.8) is 0 Å². The van der Waals surface area contributed by atoms with Crippen LogP contribution in [-0.4, -0.2) is 54.2 Å². The molecule has 0 atom stereocenters. The molecule has 0 aliphatic carbocycles. The number of carbonyl (C=O) groups is 2. The lowest BCUT2D eigenvalue weighted by molar-refractivity contribution is -0.274. The third-order valence-electron chi connectivity index (χ3n) is 3.56. The monoisotopic (exact) mass is 330 g/mol. The number of benzene rings is 1. The quantitative estimate of drug-likeness (QED) is 0.836. The third kappa shape index (κ3) is 4.87. The zero-order valence-corrected chi connectivity index (χ0v) is 12.6. The van der Waals surface area contributed by atoms with Gasteiger partial charge in [-0.15, -0.1) is 13.2 Å². The Bertz CT molecular complexity index is 572. The van der Waals surface area contributed by atoms with Gasteiger partial charge in [0.1, 0.15) is 5.75 Å². The van der Waals surface area contributed by atoms with Gasteiger partial charge in [-0.3, -0.25) is 9.59 Å². The Balaban J connectivity index is 2.01. The van der Waals surface area contributed by atoms with Gasteiger partial charge in [-0.25, -0.2) is 0 Å². The molecule has 8 heteroatoms. The number of hydrogen-bond acceptors (Lipinski definition) is 3. The second kappa shape index (κ2) is 6.89. The maximum absolute atomic E-state index is 12.4. The average Bonchev–Trinajstić information content (AvgIpc) is 2.71. The van der Waals surface area contributed by atoms with Crippen LogP contribution >= 0.6 is 0 Å². The summed E-state index contributed by atoms with van der Waals surface area (Å²) in [6.45, 7) is 3.44. The number of hydrogen-bond donors (Lipinski definition) is 0. The van der Waals surface area contributed by atoms with Gasteiger partial charge in [-0.05, 0) is 30.7 Å². The van der Waals surface area contributed by atoms with Crippen LogP contribution in [-0.2, 0) is 4.79 Å². The van der Waals surface area contributed by atoms with Crippen molar-refractivity contribution in [2.24, 2.45) is 0 Å². The fourth-order valence-corrected chi connectivity index (χ4v) is 2.42. The molecule has 5 nitrogen and oxygen atoms in total. The van der Waals surface area contributed by atoms with Crippen LogP contribution in [0, 0.1) is 0 Å². The molecule has 2 amide bonds. The summed E-state index contributed by atoms with van der Waals surface area (Å²) in [6.07, 6.45) is -4.09. The van der Waals surface area contributed by atoms with E-state index in [0.29, 0.717) is 32.6 Å². The van der Waals surface area contributed by atoms with Crippen molar-refractivity contribution in [3.8, 4) is 5.75 Å². The maximum Gasteiger partial charge on any atom is 0.573 e. The number of amides is 2. The van der Waals surface area contributed by atoms with E-state index in [4.69, 9.17) is 0 Å². The van der Waals surface area contributed by atoms with E-state index in [9.17, 15) is 22.8 Å². The molecule has 23 heavy (non-hydrogen) atoms. The average molecular weight is 330 g/mol. The van der Waals surface area contributed by atoms with Crippen molar-refractivity contribution in [1.82, 2.24) is 9.80 Å². The second-order valence-electron chi connectivity index (χ2n) is 5.22. The highest BCUT2D eigenvalue weighted by Gasteiger charge is 2.31. The predicted octanol–water partition coefficient (Wildman–Crippen LogP) is 2.28. The molecule has 1 fully saturated rings. The standard InChI is InChI=1S/C15H17F3N2O3/c1-11(21)19-7-2-8-20(10-9-19)14(22)12-3-5-13(6-4-12)23-15(16,17)18/h3-6H,2,7-10H2,1H3. The summed E-state index contributed by atoms with van der Waals surface area (Å²) in [5.41, 5.74) is 0.288. The van der Waals surface area contributed by atoms with Gasteiger partial charge in [-0.1, -0.05) is 0 Å². The molecule has 1 heterocycles. The number of rotatable bonds is 2. The molecule has 0 unspecified atom stereocenters. The van der Waals surface area contributed by atoms with Crippen LogP contribution in [0.3, 0.4) is 0 Å². The molecular formula is C15H17F3N2O3. The lowest BCUT2D eigenvalue weighted by Gasteiger charge is -2.21. The van der Waals surface area contributed by atoms with Gasteiger partial charge in [-0.2, -0.15) is 0 Å². The molecule has 0 saturated carbocycles. The van der Waals surface area contributed by atoms with Gasteiger partial charge in [0.05, 0.1) is 0 Å². The van der Waals surface area contributed by atoms with Crippen molar-refractivity contribution < 1.29 is 27.5 Å². The maximum atomic E-state index is 12.4. The third-order valence-corrected chi connectivity index (χ3v) is 3.56. The summed E-state index contributed by atoms with van der Waals surface area (Å²) in [6, 6.07) is 4.83. The molecule has 0 bridgehead atoms. The van der Waals surface area contributed by atoms with Gasteiger partial charge in [0.2, 0.25) is 5.91 Å². The fraction of sp³-hybridized carbons (Fsp3) is 0.467. The minimum Gasteiger partial charge on any atom is -0.406 e. The highest BCUT2D eigenvalue weighted by atomic mass is 19.4. The molecule has 1 aromatic carbocycles. The number of ether oxygens (including phenoxy) is 1. The lowest BCUT2D eigenvalue weighted by atomic mass is 10.2. The Hall–Kier alpha value is -2.25. The van der Waals surface area contributed by atoms with Crippen LogP contribution < -0.4 is 4.74 Å². The normalized spacial score (nSPS) is 16.0. The zero-order chi connectivity index (χ0) is 17.0. The summed E-state index contributed by atoms with van der Waals surface area (Å²) >= 11 is 0. The first-order chi connectivity index (χ1) is 10.8.